The number of hydrogen-bond acceptors (Lipinski definition) is 0. The lowest BCUT2D eigenvalue weighted by Crippen LogP contribution is -1.84. The van der Waals surface area contributed by atoms with Gasteiger partial charge in [-0.1, -0.05) is 115 Å². The first kappa shape index (κ1) is 24.7. The van der Waals surface area contributed by atoms with E-state index in [9.17, 15) is 5.11 Å². The Bertz CT molecular complexity index is 246. The molecule has 0 N–H and O–H groups in total. The minimum Gasteiger partial charge on any atom is -0.237 e. The molecule has 0 aromatic heterocycles. The lowest BCUT2D eigenvalue weighted by Gasteiger charge is -2.02. The van der Waals surface area contributed by atoms with Crippen LogP contribution >= 0.6 is 0 Å². The van der Waals surface area contributed by atoms with E-state index in [1.807, 2.05) is 0 Å². The van der Waals surface area contributed by atoms with Crippen LogP contribution in [0.4, 0.5) is 0 Å². The van der Waals surface area contributed by atoms with E-state index in [4.69, 9.17) is 0 Å². The zero-order chi connectivity index (χ0) is 18.3. The zero-order valence-electron chi connectivity index (χ0n) is 17.4. The Hall–Kier alpha value is -0.300. The molecule has 0 amide bonds. The lowest BCUT2D eigenvalue weighted by atomic mass is 10.0. The first-order valence-corrected chi connectivity index (χ1v) is 11.6. The van der Waals surface area contributed by atoms with Crippen molar-refractivity contribution in [1.29, 1.82) is 0 Å². The highest BCUT2D eigenvalue weighted by molar-refractivity contribution is 4.81. The van der Waals surface area contributed by atoms with Gasteiger partial charge in [-0.25, -0.2) is 5.11 Å². The summed E-state index contributed by atoms with van der Waals surface area (Å²) >= 11 is 0. The fourth-order valence-electron chi connectivity index (χ4n) is 3.41. The molecule has 25 heavy (non-hydrogen) atoms. The van der Waals surface area contributed by atoms with Gasteiger partial charge >= 0.3 is 0 Å². The maximum atomic E-state index is 10.3. The van der Waals surface area contributed by atoms with E-state index in [0.717, 1.165) is 12.8 Å². The summed E-state index contributed by atoms with van der Waals surface area (Å²) in [5.74, 6) is 0. The highest BCUT2D eigenvalue weighted by Crippen LogP contribution is 2.13. The van der Waals surface area contributed by atoms with Crippen molar-refractivity contribution in [3.8, 4) is 0 Å². The Morgan fingerprint density at radius 2 is 0.760 bits per heavy atom. The summed E-state index contributed by atoms with van der Waals surface area (Å²) in [7, 11) is 0. The van der Waals surface area contributed by atoms with Gasteiger partial charge in [-0.3, -0.25) is 0 Å². The molecular weight excluding hydrogens is 304 g/mol. The average molecular weight is 352 g/mol. The average Bonchev–Trinajstić information content (AvgIpc) is 2.63. The third-order valence-electron chi connectivity index (χ3n) is 5.16. The molecular formula is C24H47O. The van der Waals surface area contributed by atoms with Gasteiger partial charge < -0.3 is 0 Å². The van der Waals surface area contributed by atoms with Crippen molar-refractivity contribution in [3.63, 3.8) is 0 Å². The Balaban J connectivity index is 3.03. The molecule has 0 saturated carbocycles. The molecule has 0 aromatic rings. The summed E-state index contributed by atoms with van der Waals surface area (Å²) in [6.45, 7) is 2.40. The molecule has 0 spiro atoms. The number of unbranched alkanes of at least 4 members (excludes halogenated alkanes) is 18. The van der Waals surface area contributed by atoms with Crippen LogP contribution in [0.25, 0.3) is 0 Å². The predicted molar refractivity (Wildman–Crippen MR) is 113 cm³/mol. The van der Waals surface area contributed by atoms with Gasteiger partial charge in [0, 0.05) is 0 Å². The van der Waals surface area contributed by atoms with Gasteiger partial charge in [0.05, 0.1) is 6.61 Å². The first-order valence-electron chi connectivity index (χ1n) is 11.6. The molecule has 0 bridgehead atoms. The number of allylic oxidation sites excluding steroid dienone is 2. The minimum atomic E-state index is 0.120. The summed E-state index contributed by atoms with van der Waals surface area (Å²) in [5, 5.41) is 10.3. The Labute approximate surface area is 159 Å². The van der Waals surface area contributed by atoms with Crippen LogP contribution in [0.5, 0.6) is 0 Å². The standard InChI is InChI=1S/C24H47O/c1-2-3-4-5-6-7-8-9-10-11-12-13-14-15-16-17-18-19-20-21-22-23-24-25/h9-10H,2-8,11-24H2,1H3/b10-9-. The van der Waals surface area contributed by atoms with Crippen LogP contribution in [-0.4, -0.2) is 6.61 Å². The van der Waals surface area contributed by atoms with Gasteiger partial charge in [-0.05, 0) is 32.1 Å². The quantitative estimate of drug-likeness (QED) is 0.145. The summed E-state index contributed by atoms with van der Waals surface area (Å²) < 4.78 is 0. The van der Waals surface area contributed by atoms with Crippen molar-refractivity contribution in [1.82, 2.24) is 0 Å². The van der Waals surface area contributed by atoms with Gasteiger partial charge in [-0.15, -0.1) is 0 Å². The van der Waals surface area contributed by atoms with Crippen LogP contribution < -0.4 is 0 Å². The van der Waals surface area contributed by atoms with E-state index in [0.29, 0.717) is 0 Å². The second-order valence-electron chi connectivity index (χ2n) is 7.76. The van der Waals surface area contributed by atoms with Crippen LogP contribution in [-0.2, 0) is 5.11 Å². The van der Waals surface area contributed by atoms with Crippen molar-refractivity contribution in [2.75, 3.05) is 6.61 Å². The molecule has 1 nitrogen and oxygen atoms in total. The van der Waals surface area contributed by atoms with Crippen LogP contribution in [0.1, 0.15) is 135 Å². The molecule has 0 fully saturated rings. The Morgan fingerprint density at radius 3 is 1.12 bits per heavy atom. The minimum absolute atomic E-state index is 0.120. The molecule has 0 atom stereocenters. The predicted octanol–water partition coefficient (Wildman–Crippen LogP) is 8.80. The van der Waals surface area contributed by atoms with E-state index < -0.39 is 0 Å². The summed E-state index contributed by atoms with van der Waals surface area (Å²) in [6, 6.07) is 0. The molecule has 1 heteroatoms. The maximum Gasteiger partial charge on any atom is 0.0822 e. The van der Waals surface area contributed by atoms with Gasteiger partial charge in [0.15, 0.2) is 0 Å². The second kappa shape index (κ2) is 23.7. The molecule has 1 radical (unpaired) electrons. The summed E-state index contributed by atoms with van der Waals surface area (Å²) in [5.41, 5.74) is 0. The SMILES string of the molecule is CCCCCCCC/C=C\CCCCCCCCCCCCCC[O]. The summed E-state index contributed by atoms with van der Waals surface area (Å²) in [4.78, 5) is 0. The van der Waals surface area contributed by atoms with Crippen LogP contribution in [0.3, 0.4) is 0 Å². The third-order valence-corrected chi connectivity index (χ3v) is 5.16. The molecule has 0 aromatic carbocycles. The topological polar surface area (TPSA) is 19.9 Å². The maximum absolute atomic E-state index is 10.3. The lowest BCUT2D eigenvalue weighted by molar-refractivity contribution is 0.186. The van der Waals surface area contributed by atoms with E-state index in [2.05, 4.69) is 19.1 Å². The molecule has 0 aliphatic carbocycles. The van der Waals surface area contributed by atoms with Crippen molar-refractivity contribution in [3.05, 3.63) is 12.2 Å². The van der Waals surface area contributed by atoms with Crippen LogP contribution in [0.15, 0.2) is 12.2 Å². The first-order chi connectivity index (χ1) is 12.4. The Kier molecular flexibility index (Phi) is 23.4. The third kappa shape index (κ3) is 23.7. The fourth-order valence-corrected chi connectivity index (χ4v) is 3.41. The highest BCUT2D eigenvalue weighted by Gasteiger charge is 1.93. The largest absolute Gasteiger partial charge is 0.237 e. The molecule has 0 unspecified atom stereocenters. The van der Waals surface area contributed by atoms with Gasteiger partial charge in [0.2, 0.25) is 0 Å². The zero-order valence-corrected chi connectivity index (χ0v) is 17.4. The Morgan fingerprint density at radius 1 is 0.440 bits per heavy atom. The molecule has 0 saturated heterocycles. The van der Waals surface area contributed by atoms with E-state index in [-0.39, 0.29) is 6.61 Å². The molecule has 0 heterocycles. The fraction of sp³-hybridized carbons (Fsp3) is 0.917. The van der Waals surface area contributed by atoms with Gasteiger partial charge in [-0.2, -0.15) is 0 Å². The normalized spacial score (nSPS) is 11.6. The van der Waals surface area contributed by atoms with E-state index in [1.54, 1.807) is 0 Å². The van der Waals surface area contributed by atoms with E-state index >= 15 is 0 Å². The van der Waals surface area contributed by atoms with Gasteiger partial charge in [0.25, 0.3) is 0 Å². The smallest absolute Gasteiger partial charge is 0.0822 e. The van der Waals surface area contributed by atoms with Gasteiger partial charge in [0.1, 0.15) is 0 Å². The molecule has 0 aliphatic heterocycles. The molecule has 0 rings (SSSR count). The molecule has 0 aliphatic rings. The highest BCUT2D eigenvalue weighted by atomic mass is 16.2. The number of rotatable bonds is 21. The molecule has 149 valence electrons. The van der Waals surface area contributed by atoms with Crippen molar-refractivity contribution < 1.29 is 5.11 Å². The monoisotopic (exact) mass is 351 g/mol. The van der Waals surface area contributed by atoms with Crippen molar-refractivity contribution in [2.24, 2.45) is 0 Å². The van der Waals surface area contributed by atoms with Crippen molar-refractivity contribution in [2.45, 2.75) is 135 Å². The summed E-state index contributed by atoms with van der Waals surface area (Å²) in [6.07, 6.45) is 31.8. The number of hydrogen-bond donors (Lipinski definition) is 0. The van der Waals surface area contributed by atoms with Crippen LogP contribution in [0.2, 0.25) is 0 Å². The van der Waals surface area contributed by atoms with Crippen molar-refractivity contribution >= 4 is 0 Å². The van der Waals surface area contributed by atoms with Crippen LogP contribution in [0, 0.1) is 0 Å². The second-order valence-corrected chi connectivity index (χ2v) is 7.76. The van der Waals surface area contributed by atoms with E-state index in [1.165, 1.54) is 116 Å².